The van der Waals surface area contributed by atoms with E-state index in [1.807, 2.05) is 0 Å². The molecule has 0 spiro atoms. The molecule has 0 radical (unpaired) electrons. The maximum atomic E-state index is 13.0. The lowest BCUT2D eigenvalue weighted by atomic mass is 10.0. The second-order valence-corrected chi connectivity index (χ2v) is 13.7. The van der Waals surface area contributed by atoms with Gasteiger partial charge in [0.1, 0.15) is 18.7 Å². The number of pyridine rings is 1. The summed E-state index contributed by atoms with van der Waals surface area (Å²) >= 11 is 0. The van der Waals surface area contributed by atoms with Gasteiger partial charge in [-0.2, -0.15) is 0 Å². The van der Waals surface area contributed by atoms with Crippen molar-refractivity contribution in [3.8, 4) is 5.88 Å². The molecule has 9 nitrogen and oxygen atoms in total. The molecule has 0 amide bonds. The zero-order valence-corrected chi connectivity index (χ0v) is 20.4. The standard InChI is InChI=1S/C21H28N5O4PS/c1-13(2)32(28,29)17-9-7-6-8-16(17)26-19(22)15(12-24-21(26)23)14-10-11-18(31(4,5)27)25-20(14)30-3/h6-13,19H,22H2,1-5H3,(H2,23,24). The monoisotopic (exact) mass is 477 g/mol. The molecule has 0 fully saturated rings. The Morgan fingerprint density at radius 2 is 1.81 bits per heavy atom. The lowest BCUT2D eigenvalue weighted by molar-refractivity contribution is 0.397. The average Bonchev–Trinajstić information content (AvgIpc) is 2.73. The number of aliphatic imine (C=N–C) groups is 1. The summed E-state index contributed by atoms with van der Waals surface area (Å²) in [5.41, 5.74) is 14.6. The number of rotatable bonds is 6. The molecule has 32 heavy (non-hydrogen) atoms. The van der Waals surface area contributed by atoms with E-state index in [-0.39, 0.29) is 16.7 Å². The van der Waals surface area contributed by atoms with Crippen molar-refractivity contribution in [2.24, 2.45) is 16.5 Å². The molecule has 1 unspecified atom stereocenters. The van der Waals surface area contributed by atoms with Crippen LogP contribution in [0.4, 0.5) is 5.69 Å². The van der Waals surface area contributed by atoms with Gasteiger partial charge >= 0.3 is 0 Å². The van der Waals surface area contributed by atoms with E-state index >= 15 is 0 Å². The number of nitrogens with zero attached hydrogens (tertiary/aromatic N) is 3. The van der Waals surface area contributed by atoms with E-state index in [0.29, 0.717) is 22.3 Å². The van der Waals surface area contributed by atoms with Crippen molar-refractivity contribution >= 4 is 39.6 Å². The van der Waals surface area contributed by atoms with Gasteiger partial charge in [0.25, 0.3) is 0 Å². The molecule has 2 heterocycles. The first-order valence-corrected chi connectivity index (χ1v) is 14.1. The highest BCUT2D eigenvalue weighted by Crippen LogP contribution is 2.38. The van der Waals surface area contributed by atoms with Crippen molar-refractivity contribution in [3.05, 3.63) is 48.2 Å². The molecule has 0 aliphatic carbocycles. The molecule has 172 valence electrons. The van der Waals surface area contributed by atoms with Crippen LogP contribution in [0.5, 0.6) is 5.88 Å². The second kappa shape index (κ2) is 8.69. The minimum absolute atomic E-state index is 0.0582. The van der Waals surface area contributed by atoms with Crippen molar-refractivity contribution in [2.75, 3.05) is 25.3 Å². The van der Waals surface area contributed by atoms with Crippen molar-refractivity contribution in [1.29, 1.82) is 0 Å². The average molecular weight is 478 g/mol. The van der Waals surface area contributed by atoms with Crippen LogP contribution in [-0.4, -0.2) is 51.2 Å². The molecular weight excluding hydrogens is 449 g/mol. The fourth-order valence-electron chi connectivity index (χ4n) is 3.31. The number of anilines is 1. The van der Waals surface area contributed by atoms with Gasteiger partial charge in [-0.15, -0.1) is 0 Å². The minimum atomic E-state index is -3.62. The van der Waals surface area contributed by atoms with Gasteiger partial charge in [0.2, 0.25) is 11.8 Å². The number of aromatic nitrogens is 1. The zero-order chi connectivity index (χ0) is 23.8. The van der Waals surface area contributed by atoms with E-state index in [9.17, 15) is 13.0 Å². The highest BCUT2D eigenvalue weighted by Gasteiger charge is 2.33. The van der Waals surface area contributed by atoms with Crippen molar-refractivity contribution in [2.45, 2.75) is 30.2 Å². The summed E-state index contributed by atoms with van der Waals surface area (Å²) in [6.45, 7) is 6.48. The number of para-hydroxylation sites is 1. The molecular formula is C21H28N5O4PS. The van der Waals surface area contributed by atoms with Gasteiger partial charge < -0.3 is 20.8 Å². The maximum absolute atomic E-state index is 13.0. The normalized spacial score (nSPS) is 17.2. The first kappa shape index (κ1) is 24.0. The lowest BCUT2D eigenvalue weighted by Crippen LogP contribution is -2.52. The van der Waals surface area contributed by atoms with Crippen molar-refractivity contribution in [1.82, 2.24) is 4.98 Å². The number of benzene rings is 1. The Morgan fingerprint density at radius 3 is 2.41 bits per heavy atom. The van der Waals surface area contributed by atoms with E-state index in [4.69, 9.17) is 16.2 Å². The summed E-state index contributed by atoms with van der Waals surface area (Å²) < 4.78 is 43.8. The first-order chi connectivity index (χ1) is 14.9. The summed E-state index contributed by atoms with van der Waals surface area (Å²) in [4.78, 5) is 10.2. The third kappa shape index (κ3) is 4.30. The van der Waals surface area contributed by atoms with Gasteiger partial charge in [-0.25, -0.2) is 18.4 Å². The number of methoxy groups -OCH3 is 1. The molecule has 1 atom stereocenters. The number of nitrogens with two attached hydrogens (primary N) is 2. The third-order valence-electron chi connectivity index (χ3n) is 5.13. The zero-order valence-electron chi connectivity index (χ0n) is 18.7. The van der Waals surface area contributed by atoms with E-state index in [1.165, 1.54) is 24.3 Å². The SMILES string of the molecule is COc1nc(P(C)(C)=O)ccc1C1=CN=C(N)N(c2ccccc2S(=O)(=O)C(C)C)C1N. The van der Waals surface area contributed by atoms with E-state index in [2.05, 4.69) is 9.98 Å². The van der Waals surface area contributed by atoms with Gasteiger partial charge in [0, 0.05) is 17.3 Å². The largest absolute Gasteiger partial charge is 0.481 e. The number of sulfone groups is 1. The summed E-state index contributed by atoms with van der Waals surface area (Å²) in [7, 11) is -4.76. The van der Waals surface area contributed by atoms with Crippen LogP contribution in [0, 0.1) is 0 Å². The molecule has 1 aromatic carbocycles. The molecule has 1 aromatic heterocycles. The topological polar surface area (TPSA) is 141 Å². The van der Waals surface area contributed by atoms with Crippen LogP contribution in [0.15, 0.2) is 52.5 Å². The summed E-state index contributed by atoms with van der Waals surface area (Å²) in [6, 6.07) is 9.92. The Balaban J connectivity index is 2.14. The molecule has 2 aromatic rings. The molecule has 0 bridgehead atoms. The number of ether oxygens (including phenoxy) is 1. The predicted molar refractivity (Wildman–Crippen MR) is 129 cm³/mol. The number of guanidine groups is 1. The number of hydrogen-bond donors (Lipinski definition) is 2. The van der Waals surface area contributed by atoms with Crippen molar-refractivity contribution < 1.29 is 17.7 Å². The highest BCUT2D eigenvalue weighted by molar-refractivity contribution is 7.92. The van der Waals surface area contributed by atoms with E-state index in [0.717, 1.165) is 0 Å². The van der Waals surface area contributed by atoms with Gasteiger partial charge in [0.15, 0.2) is 9.84 Å². The van der Waals surface area contributed by atoms with E-state index < -0.39 is 28.4 Å². The molecule has 11 heteroatoms. The van der Waals surface area contributed by atoms with Crippen LogP contribution in [0.25, 0.3) is 5.57 Å². The Kier molecular flexibility index (Phi) is 6.51. The molecule has 1 aliphatic heterocycles. The Bertz CT molecular complexity index is 1250. The van der Waals surface area contributed by atoms with Crippen LogP contribution in [0.1, 0.15) is 19.4 Å². The van der Waals surface area contributed by atoms with Crippen LogP contribution in [0.3, 0.4) is 0 Å². The van der Waals surface area contributed by atoms with Gasteiger partial charge in [-0.1, -0.05) is 12.1 Å². The second-order valence-electron chi connectivity index (χ2n) is 8.03. The summed E-state index contributed by atoms with van der Waals surface area (Å²) in [5.74, 6) is 0.301. The lowest BCUT2D eigenvalue weighted by Gasteiger charge is -2.35. The van der Waals surface area contributed by atoms with Gasteiger partial charge in [-0.3, -0.25) is 4.90 Å². The fourth-order valence-corrected chi connectivity index (χ4v) is 5.31. The number of hydrogen-bond acceptors (Lipinski definition) is 9. The maximum Gasteiger partial charge on any atom is 0.221 e. The molecule has 1 aliphatic rings. The highest BCUT2D eigenvalue weighted by atomic mass is 32.2. The third-order valence-corrected chi connectivity index (χ3v) is 8.69. The summed E-state index contributed by atoms with van der Waals surface area (Å²) in [6.07, 6.45) is 0.639. The molecule has 0 saturated heterocycles. The van der Waals surface area contributed by atoms with Crippen LogP contribution >= 0.6 is 7.14 Å². The predicted octanol–water partition coefficient (Wildman–Crippen LogP) is 1.98. The Hall–Kier alpha value is -2.68. The van der Waals surface area contributed by atoms with Gasteiger partial charge in [-0.05, 0) is 51.4 Å². The first-order valence-electron chi connectivity index (χ1n) is 9.91. The fraction of sp³-hybridized carbons (Fsp3) is 0.333. The molecule has 0 saturated carbocycles. The molecule has 3 rings (SSSR count). The van der Waals surface area contributed by atoms with Crippen LogP contribution < -0.4 is 26.5 Å². The quantitative estimate of drug-likeness (QED) is 0.602. The summed E-state index contributed by atoms with van der Waals surface area (Å²) in [5, 5.41) is -0.631. The van der Waals surface area contributed by atoms with Gasteiger partial charge in [0.05, 0.1) is 22.9 Å². The van der Waals surface area contributed by atoms with E-state index in [1.54, 1.807) is 57.5 Å². The molecule has 4 N–H and O–H groups in total. The van der Waals surface area contributed by atoms with Crippen LogP contribution in [-0.2, 0) is 14.4 Å². The Labute approximate surface area is 188 Å². The smallest absolute Gasteiger partial charge is 0.221 e. The van der Waals surface area contributed by atoms with Crippen LogP contribution in [0.2, 0.25) is 0 Å². The van der Waals surface area contributed by atoms with Crippen molar-refractivity contribution in [3.63, 3.8) is 0 Å². The Morgan fingerprint density at radius 1 is 1.16 bits per heavy atom. The minimum Gasteiger partial charge on any atom is -0.481 e.